The topological polar surface area (TPSA) is 66.6 Å². The molecule has 0 radical (unpaired) electrons. The zero-order valence-corrected chi connectivity index (χ0v) is 14.0. The van der Waals surface area contributed by atoms with Gasteiger partial charge in [-0.3, -0.25) is 4.90 Å². The number of hydrogen-bond acceptors (Lipinski definition) is 4. The van der Waals surface area contributed by atoms with Gasteiger partial charge in [0, 0.05) is 37.2 Å². The second-order valence-electron chi connectivity index (χ2n) is 5.30. The lowest BCUT2D eigenvalue weighted by Crippen LogP contribution is -2.53. The Kier molecular flexibility index (Phi) is 5.27. The molecule has 0 aliphatic carbocycles. The fourth-order valence-electron chi connectivity index (χ4n) is 2.67. The van der Waals surface area contributed by atoms with Crippen LogP contribution in [0, 0.1) is 0 Å². The third-order valence-corrected chi connectivity index (χ3v) is 6.24. The SMILES string of the molecule is CCN1CCN(S(=O)(=O)c2ccc(Cl)c(CN)c2)CC1C. The molecule has 118 valence electrons. The first-order valence-corrected chi connectivity index (χ1v) is 8.94. The summed E-state index contributed by atoms with van der Waals surface area (Å²) in [7, 11) is -3.48. The molecular formula is C14H22ClN3O2S. The number of halogens is 1. The van der Waals surface area contributed by atoms with Crippen molar-refractivity contribution < 1.29 is 8.42 Å². The van der Waals surface area contributed by atoms with Gasteiger partial charge in [-0.25, -0.2) is 8.42 Å². The summed E-state index contributed by atoms with van der Waals surface area (Å²) in [6.07, 6.45) is 0. The van der Waals surface area contributed by atoms with Gasteiger partial charge in [-0.05, 0) is 37.2 Å². The Morgan fingerprint density at radius 1 is 1.38 bits per heavy atom. The summed E-state index contributed by atoms with van der Waals surface area (Å²) >= 11 is 6.00. The minimum atomic E-state index is -3.48. The van der Waals surface area contributed by atoms with Gasteiger partial charge in [0.1, 0.15) is 0 Å². The molecule has 1 atom stereocenters. The first-order valence-electron chi connectivity index (χ1n) is 7.12. The molecule has 1 heterocycles. The first-order chi connectivity index (χ1) is 9.90. The van der Waals surface area contributed by atoms with E-state index in [9.17, 15) is 8.42 Å². The van der Waals surface area contributed by atoms with E-state index in [0.29, 0.717) is 23.7 Å². The first kappa shape index (κ1) is 16.7. The van der Waals surface area contributed by atoms with Crippen LogP contribution in [0.3, 0.4) is 0 Å². The Morgan fingerprint density at radius 2 is 2.10 bits per heavy atom. The molecule has 0 bridgehead atoms. The van der Waals surface area contributed by atoms with Gasteiger partial charge >= 0.3 is 0 Å². The number of rotatable bonds is 4. The summed E-state index contributed by atoms with van der Waals surface area (Å²) in [4.78, 5) is 2.55. The van der Waals surface area contributed by atoms with Crippen LogP contribution in [0.5, 0.6) is 0 Å². The van der Waals surface area contributed by atoms with Crippen molar-refractivity contribution in [2.24, 2.45) is 5.73 Å². The molecule has 21 heavy (non-hydrogen) atoms. The number of nitrogens with zero attached hydrogens (tertiary/aromatic N) is 2. The molecule has 5 nitrogen and oxygen atoms in total. The van der Waals surface area contributed by atoms with Crippen LogP contribution in [-0.2, 0) is 16.6 Å². The van der Waals surface area contributed by atoms with Gasteiger partial charge in [-0.2, -0.15) is 4.31 Å². The Labute approximate surface area is 131 Å². The number of sulfonamides is 1. The van der Waals surface area contributed by atoms with E-state index in [1.54, 1.807) is 22.5 Å². The van der Waals surface area contributed by atoms with Crippen molar-refractivity contribution in [3.05, 3.63) is 28.8 Å². The van der Waals surface area contributed by atoms with Crippen molar-refractivity contribution in [2.45, 2.75) is 31.3 Å². The van der Waals surface area contributed by atoms with E-state index in [-0.39, 0.29) is 17.5 Å². The average molecular weight is 332 g/mol. The summed E-state index contributed by atoms with van der Waals surface area (Å²) in [5.41, 5.74) is 6.25. The number of benzene rings is 1. The molecule has 1 unspecified atom stereocenters. The summed E-state index contributed by atoms with van der Waals surface area (Å²) in [5, 5.41) is 0.501. The minimum Gasteiger partial charge on any atom is -0.326 e. The maximum Gasteiger partial charge on any atom is 0.243 e. The molecule has 1 aromatic carbocycles. The van der Waals surface area contributed by atoms with Crippen LogP contribution >= 0.6 is 11.6 Å². The predicted molar refractivity (Wildman–Crippen MR) is 84.8 cm³/mol. The average Bonchev–Trinajstić information content (AvgIpc) is 2.47. The lowest BCUT2D eigenvalue weighted by atomic mass is 10.2. The summed E-state index contributed by atoms with van der Waals surface area (Å²) < 4.78 is 27.0. The van der Waals surface area contributed by atoms with Gasteiger partial charge in [0.15, 0.2) is 0 Å². The molecule has 0 amide bonds. The molecule has 1 fully saturated rings. The van der Waals surface area contributed by atoms with Crippen LogP contribution in [-0.4, -0.2) is 49.8 Å². The molecular weight excluding hydrogens is 310 g/mol. The fourth-order valence-corrected chi connectivity index (χ4v) is 4.43. The van der Waals surface area contributed by atoms with Crippen LogP contribution in [0.1, 0.15) is 19.4 Å². The van der Waals surface area contributed by atoms with Crippen LogP contribution in [0.25, 0.3) is 0 Å². The Bertz CT molecular complexity index is 606. The van der Waals surface area contributed by atoms with E-state index in [1.165, 1.54) is 0 Å². The second kappa shape index (κ2) is 6.62. The fraction of sp³-hybridized carbons (Fsp3) is 0.571. The van der Waals surface area contributed by atoms with Crippen molar-refractivity contribution in [3.8, 4) is 0 Å². The maximum absolute atomic E-state index is 12.7. The summed E-state index contributed by atoms with van der Waals surface area (Å²) in [6, 6.07) is 4.95. The van der Waals surface area contributed by atoms with Crippen molar-refractivity contribution in [1.29, 1.82) is 0 Å². The van der Waals surface area contributed by atoms with Gasteiger partial charge in [0.2, 0.25) is 10.0 Å². The van der Waals surface area contributed by atoms with Crippen LogP contribution in [0.15, 0.2) is 23.1 Å². The highest BCUT2D eigenvalue weighted by Crippen LogP contribution is 2.24. The zero-order chi connectivity index (χ0) is 15.6. The zero-order valence-electron chi connectivity index (χ0n) is 12.4. The number of nitrogens with two attached hydrogens (primary N) is 1. The number of piperazine rings is 1. The van der Waals surface area contributed by atoms with Gasteiger partial charge < -0.3 is 5.73 Å². The lowest BCUT2D eigenvalue weighted by Gasteiger charge is -2.38. The van der Waals surface area contributed by atoms with E-state index in [2.05, 4.69) is 18.7 Å². The monoisotopic (exact) mass is 331 g/mol. The Balaban J connectivity index is 2.26. The molecule has 7 heteroatoms. The summed E-state index contributed by atoms with van der Waals surface area (Å²) in [6.45, 7) is 7.09. The van der Waals surface area contributed by atoms with E-state index >= 15 is 0 Å². The summed E-state index contributed by atoms with van der Waals surface area (Å²) in [5.74, 6) is 0. The maximum atomic E-state index is 12.7. The molecule has 0 aromatic heterocycles. The second-order valence-corrected chi connectivity index (χ2v) is 7.64. The largest absolute Gasteiger partial charge is 0.326 e. The Hall–Kier alpha value is -0.660. The standard InChI is InChI=1S/C14H22ClN3O2S/c1-3-17-6-7-18(10-11(17)2)21(19,20)13-4-5-14(15)12(8-13)9-16/h4-5,8,11H,3,6-7,9-10,16H2,1-2H3. The van der Waals surface area contributed by atoms with Crippen LogP contribution in [0.2, 0.25) is 5.02 Å². The highest BCUT2D eigenvalue weighted by atomic mass is 35.5. The van der Waals surface area contributed by atoms with Crippen molar-refractivity contribution in [3.63, 3.8) is 0 Å². The Morgan fingerprint density at radius 3 is 2.67 bits per heavy atom. The van der Waals surface area contributed by atoms with Gasteiger partial charge in [0.25, 0.3) is 0 Å². The molecule has 1 aromatic rings. The molecule has 1 aliphatic heterocycles. The highest BCUT2D eigenvalue weighted by Gasteiger charge is 2.31. The third-order valence-electron chi connectivity index (χ3n) is 4.01. The van der Waals surface area contributed by atoms with Gasteiger partial charge in [-0.15, -0.1) is 0 Å². The van der Waals surface area contributed by atoms with E-state index in [0.717, 1.165) is 13.1 Å². The van der Waals surface area contributed by atoms with Crippen LogP contribution < -0.4 is 5.73 Å². The molecule has 2 N–H and O–H groups in total. The molecule has 1 saturated heterocycles. The van der Waals surface area contributed by atoms with Crippen molar-refractivity contribution in [2.75, 3.05) is 26.2 Å². The van der Waals surface area contributed by atoms with Crippen LogP contribution in [0.4, 0.5) is 0 Å². The van der Waals surface area contributed by atoms with Crippen molar-refractivity contribution >= 4 is 21.6 Å². The quantitative estimate of drug-likeness (QED) is 0.908. The van der Waals surface area contributed by atoms with E-state index < -0.39 is 10.0 Å². The van der Waals surface area contributed by atoms with Gasteiger partial charge in [0.05, 0.1) is 4.90 Å². The van der Waals surface area contributed by atoms with E-state index in [4.69, 9.17) is 17.3 Å². The third kappa shape index (κ3) is 3.40. The normalized spacial score (nSPS) is 21.6. The smallest absolute Gasteiger partial charge is 0.243 e. The minimum absolute atomic E-state index is 0.222. The van der Waals surface area contributed by atoms with E-state index in [1.807, 2.05) is 0 Å². The number of hydrogen-bond donors (Lipinski definition) is 1. The molecule has 0 spiro atoms. The molecule has 1 aliphatic rings. The lowest BCUT2D eigenvalue weighted by molar-refractivity contribution is 0.135. The number of likely N-dealkylation sites (N-methyl/N-ethyl adjacent to an activating group) is 1. The van der Waals surface area contributed by atoms with Gasteiger partial charge in [-0.1, -0.05) is 18.5 Å². The molecule has 0 saturated carbocycles. The highest BCUT2D eigenvalue weighted by molar-refractivity contribution is 7.89. The van der Waals surface area contributed by atoms with Crippen molar-refractivity contribution in [1.82, 2.24) is 9.21 Å². The predicted octanol–water partition coefficient (Wildman–Crippen LogP) is 1.51. The molecule has 2 rings (SSSR count).